The van der Waals surface area contributed by atoms with Gasteiger partial charge >= 0.3 is 0 Å². The van der Waals surface area contributed by atoms with E-state index in [2.05, 4.69) is 44.0 Å². The first-order chi connectivity index (χ1) is 5.11. The minimum absolute atomic E-state index is 1.03. The van der Waals surface area contributed by atoms with Gasteiger partial charge in [-0.3, -0.25) is 0 Å². The highest BCUT2D eigenvalue weighted by molar-refractivity contribution is 5.28. The van der Waals surface area contributed by atoms with Gasteiger partial charge in [0.1, 0.15) is 0 Å². The number of rotatable bonds is 2. The van der Waals surface area contributed by atoms with Crippen molar-refractivity contribution in [1.29, 1.82) is 0 Å². The molecule has 0 aliphatic heterocycles. The Hall–Kier alpha value is -0.760. The lowest BCUT2D eigenvalue weighted by molar-refractivity contribution is 0.401. The fourth-order valence-corrected chi connectivity index (χ4v) is 1.25. The Balaban J connectivity index is 2.83. The van der Waals surface area contributed by atoms with E-state index < -0.39 is 0 Å². The molecule has 1 aromatic rings. The van der Waals surface area contributed by atoms with E-state index in [9.17, 15) is 0 Å². The average Bonchev–Trinajstić information content (AvgIpc) is 2.18. The van der Waals surface area contributed by atoms with Crippen LogP contribution in [0.25, 0.3) is 0 Å². The van der Waals surface area contributed by atoms with Crippen LogP contribution < -0.4 is 0 Å². The quantitative estimate of drug-likeness (QED) is 0.683. The molecule has 2 nitrogen and oxygen atoms in total. The summed E-state index contributed by atoms with van der Waals surface area (Å²) in [5.41, 5.74) is 4.07. The molecule has 0 saturated carbocycles. The number of aryl methyl sites for hydroxylation is 2. The monoisotopic (exact) mass is 152 g/mol. The van der Waals surface area contributed by atoms with E-state index in [4.69, 9.17) is 0 Å². The minimum Gasteiger partial charge on any atom is -0.365 e. The second-order valence-corrected chi connectivity index (χ2v) is 3.31. The first-order valence-corrected chi connectivity index (χ1v) is 3.89. The zero-order valence-corrected chi connectivity index (χ0v) is 7.73. The standard InChI is InChI=1S/C9H16N2/c1-7-5-10-8(2)9(7)6-11(3)4/h5,10H,6H2,1-4H3. The summed E-state index contributed by atoms with van der Waals surface area (Å²) in [6.45, 7) is 5.29. The smallest absolute Gasteiger partial charge is 0.0247 e. The van der Waals surface area contributed by atoms with Crippen molar-refractivity contribution in [2.24, 2.45) is 0 Å². The predicted molar refractivity (Wildman–Crippen MR) is 47.7 cm³/mol. The summed E-state index contributed by atoms with van der Waals surface area (Å²) in [6.07, 6.45) is 2.06. The normalized spacial score (nSPS) is 11.0. The van der Waals surface area contributed by atoms with Crippen molar-refractivity contribution in [1.82, 2.24) is 9.88 Å². The summed E-state index contributed by atoms with van der Waals surface area (Å²) < 4.78 is 0. The van der Waals surface area contributed by atoms with Crippen LogP contribution in [-0.2, 0) is 6.54 Å². The van der Waals surface area contributed by atoms with Crippen LogP contribution in [0.15, 0.2) is 6.20 Å². The molecule has 1 aromatic heterocycles. The summed E-state index contributed by atoms with van der Waals surface area (Å²) in [5.74, 6) is 0. The van der Waals surface area contributed by atoms with Crippen LogP contribution in [0.5, 0.6) is 0 Å². The van der Waals surface area contributed by atoms with Crippen LogP contribution in [0, 0.1) is 13.8 Å². The van der Waals surface area contributed by atoms with Crippen molar-refractivity contribution in [3.05, 3.63) is 23.0 Å². The van der Waals surface area contributed by atoms with Gasteiger partial charge in [0.2, 0.25) is 0 Å². The molecule has 2 heteroatoms. The van der Waals surface area contributed by atoms with Crippen LogP contribution >= 0.6 is 0 Å². The molecule has 0 spiro atoms. The Labute approximate surface area is 68.2 Å². The van der Waals surface area contributed by atoms with Gasteiger partial charge in [0.25, 0.3) is 0 Å². The molecular formula is C9H16N2. The zero-order valence-electron chi connectivity index (χ0n) is 7.73. The second kappa shape index (κ2) is 3.09. The molecular weight excluding hydrogens is 136 g/mol. The van der Waals surface area contributed by atoms with Gasteiger partial charge < -0.3 is 9.88 Å². The zero-order chi connectivity index (χ0) is 8.43. The molecule has 62 valence electrons. The maximum Gasteiger partial charge on any atom is 0.0247 e. The van der Waals surface area contributed by atoms with Gasteiger partial charge in [0.15, 0.2) is 0 Å². The summed E-state index contributed by atoms with van der Waals surface area (Å²) in [4.78, 5) is 5.40. The number of aromatic nitrogens is 1. The maximum absolute atomic E-state index is 3.22. The Bertz CT molecular complexity index is 216. The number of nitrogens with zero attached hydrogens (tertiary/aromatic N) is 1. The van der Waals surface area contributed by atoms with Gasteiger partial charge in [-0.25, -0.2) is 0 Å². The third-order valence-electron chi connectivity index (χ3n) is 1.91. The van der Waals surface area contributed by atoms with Crippen molar-refractivity contribution in [2.75, 3.05) is 14.1 Å². The topological polar surface area (TPSA) is 19.0 Å². The molecule has 0 saturated heterocycles. The number of H-pyrrole nitrogens is 1. The third-order valence-corrected chi connectivity index (χ3v) is 1.91. The van der Waals surface area contributed by atoms with Crippen LogP contribution in [-0.4, -0.2) is 24.0 Å². The summed E-state index contributed by atoms with van der Waals surface area (Å²) in [5, 5.41) is 0. The van der Waals surface area contributed by atoms with Gasteiger partial charge in [0, 0.05) is 18.4 Å². The van der Waals surface area contributed by atoms with E-state index in [-0.39, 0.29) is 0 Å². The van der Waals surface area contributed by atoms with Crippen molar-refractivity contribution >= 4 is 0 Å². The molecule has 0 fully saturated rings. The lowest BCUT2D eigenvalue weighted by Crippen LogP contribution is -2.11. The second-order valence-electron chi connectivity index (χ2n) is 3.31. The Morgan fingerprint density at radius 3 is 2.36 bits per heavy atom. The molecule has 0 unspecified atom stereocenters. The molecule has 0 bridgehead atoms. The largest absolute Gasteiger partial charge is 0.365 e. The summed E-state index contributed by atoms with van der Waals surface area (Å²) >= 11 is 0. The van der Waals surface area contributed by atoms with Crippen molar-refractivity contribution in [3.8, 4) is 0 Å². The van der Waals surface area contributed by atoms with Gasteiger partial charge in [-0.2, -0.15) is 0 Å². The summed E-state index contributed by atoms with van der Waals surface area (Å²) in [7, 11) is 4.18. The molecule has 11 heavy (non-hydrogen) atoms. The molecule has 0 amide bonds. The number of nitrogens with one attached hydrogen (secondary N) is 1. The van der Waals surface area contributed by atoms with E-state index in [1.807, 2.05) is 0 Å². The highest BCUT2D eigenvalue weighted by Gasteiger charge is 2.03. The van der Waals surface area contributed by atoms with Gasteiger partial charge in [-0.1, -0.05) is 0 Å². The van der Waals surface area contributed by atoms with E-state index in [1.165, 1.54) is 16.8 Å². The molecule has 0 aliphatic carbocycles. The first kappa shape index (κ1) is 8.34. The van der Waals surface area contributed by atoms with Crippen LogP contribution in [0.4, 0.5) is 0 Å². The molecule has 0 atom stereocenters. The van der Waals surface area contributed by atoms with Crippen molar-refractivity contribution in [2.45, 2.75) is 20.4 Å². The third kappa shape index (κ3) is 1.84. The summed E-state index contributed by atoms with van der Waals surface area (Å²) in [6, 6.07) is 0. The number of aromatic amines is 1. The Morgan fingerprint density at radius 1 is 1.36 bits per heavy atom. The van der Waals surface area contributed by atoms with Crippen molar-refractivity contribution in [3.63, 3.8) is 0 Å². The Kier molecular flexibility index (Phi) is 2.35. The molecule has 1 heterocycles. The SMILES string of the molecule is Cc1c[nH]c(C)c1CN(C)C. The van der Waals surface area contributed by atoms with Crippen molar-refractivity contribution < 1.29 is 0 Å². The van der Waals surface area contributed by atoms with Gasteiger partial charge in [-0.15, -0.1) is 0 Å². The van der Waals surface area contributed by atoms with Gasteiger partial charge in [-0.05, 0) is 39.1 Å². The van der Waals surface area contributed by atoms with E-state index >= 15 is 0 Å². The molecule has 0 aliphatic rings. The highest BCUT2D eigenvalue weighted by atomic mass is 15.1. The predicted octanol–water partition coefficient (Wildman–Crippen LogP) is 1.69. The fourth-order valence-electron chi connectivity index (χ4n) is 1.25. The Morgan fingerprint density at radius 2 is 2.00 bits per heavy atom. The first-order valence-electron chi connectivity index (χ1n) is 3.89. The van der Waals surface area contributed by atoms with E-state index in [0.29, 0.717) is 0 Å². The lowest BCUT2D eigenvalue weighted by atomic mass is 10.1. The molecule has 1 N–H and O–H groups in total. The lowest BCUT2D eigenvalue weighted by Gasteiger charge is -2.09. The van der Waals surface area contributed by atoms with Crippen LogP contribution in [0.2, 0.25) is 0 Å². The van der Waals surface area contributed by atoms with Crippen LogP contribution in [0.3, 0.4) is 0 Å². The molecule has 0 radical (unpaired) electrons. The minimum atomic E-state index is 1.03. The van der Waals surface area contributed by atoms with Crippen LogP contribution in [0.1, 0.15) is 16.8 Å². The molecule has 0 aromatic carbocycles. The number of hydrogen-bond donors (Lipinski definition) is 1. The van der Waals surface area contributed by atoms with E-state index in [1.54, 1.807) is 0 Å². The average molecular weight is 152 g/mol. The van der Waals surface area contributed by atoms with Gasteiger partial charge in [0.05, 0.1) is 0 Å². The number of hydrogen-bond acceptors (Lipinski definition) is 1. The highest BCUT2D eigenvalue weighted by Crippen LogP contribution is 2.12. The fraction of sp³-hybridized carbons (Fsp3) is 0.556. The molecule has 1 rings (SSSR count). The maximum atomic E-state index is 3.22. The van der Waals surface area contributed by atoms with E-state index in [0.717, 1.165) is 6.54 Å².